The van der Waals surface area contributed by atoms with Crippen LogP contribution in [0.25, 0.3) is 5.57 Å². The first-order valence-electron chi connectivity index (χ1n) is 8.93. The topological polar surface area (TPSA) is 82.5 Å². The number of piperidine rings is 1. The minimum Gasteiger partial charge on any atom is -0.509 e. The van der Waals surface area contributed by atoms with Crippen LogP contribution < -0.4 is 0 Å². The van der Waals surface area contributed by atoms with Gasteiger partial charge >= 0.3 is 0 Å². The van der Waals surface area contributed by atoms with Crippen molar-refractivity contribution in [2.75, 3.05) is 33.4 Å². The molecule has 148 valence electrons. The summed E-state index contributed by atoms with van der Waals surface area (Å²) >= 11 is 3.47. The van der Waals surface area contributed by atoms with Crippen molar-refractivity contribution < 1.29 is 24.7 Å². The zero-order valence-electron chi connectivity index (χ0n) is 15.8. The Labute approximate surface area is 167 Å². The van der Waals surface area contributed by atoms with E-state index in [4.69, 9.17) is 9.57 Å². The summed E-state index contributed by atoms with van der Waals surface area (Å²) in [5.41, 5.74) is 1.83. The molecule has 1 amide bonds. The number of rotatable bonds is 5. The molecule has 1 aromatic rings. The molecule has 27 heavy (non-hydrogen) atoms. The highest BCUT2D eigenvalue weighted by Gasteiger charge is 2.55. The monoisotopic (exact) mass is 440 g/mol. The van der Waals surface area contributed by atoms with Crippen LogP contribution in [-0.2, 0) is 14.4 Å². The maximum atomic E-state index is 13.3. The fourth-order valence-electron chi connectivity index (χ4n) is 3.96. The van der Waals surface area contributed by atoms with Crippen LogP contribution in [0.5, 0.6) is 0 Å². The molecule has 0 radical (unpaired) electrons. The van der Waals surface area contributed by atoms with E-state index in [1.165, 1.54) is 10.1 Å². The molecule has 0 aromatic heterocycles. The highest BCUT2D eigenvalue weighted by molar-refractivity contribution is 9.10. The van der Waals surface area contributed by atoms with Gasteiger partial charge < -0.3 is 15.1 Å². The van der Waals surface area contributed by atoms with Crippen molar-refractivity contribution in [1.82, 2.24) is 10.1 Å². The number of aliphatic hydroxyl groups excluding tert-OH is 1. The second kappa shape index (κ2) is 7.89. The summed E-state index contributed by atoms with van der Waals surface area (Å²) in [5.74, 6) is -0.338. The molecule has 2 N–H and O–H groups in total. The van der Waals surface area contributed by atoms with E-state index in [0.717, 1.165) is 21.2 Å². The molecule has 1 spiro atoms. The van der Waals surface area contributed by atoms with Gasteiger partial charge in [-0.2, -0.15) is 5.06 Å². The predicted octanol–water partition coefficient (Wildman–Crippen LogP) is 2.98. The third kappa shape index (κ3) is 3.52. The van der Waals surface area contributed by atoms with Gasteiger partial charge in [0.25, 0.3) is 5.91 Å². The molecule has 0 saturated carbocycles. The fourth-order valence-corrected chi connectivity index (χ4v) is 4.64. The van der Waals surface area contributed by atoms with E-state index in [0.29, 0.717) is 32.5 Å². The SMILES string of the molecule is COCCON1C(=O)C(c2c(C)cc(Br)cc2C)=C(O)C12CCN(O)CC2. The molecule has 8 heteroatoms. The summed E-state index contributed by atoms with van der Waals surface area (Å²) in [5, 5.41) is 23.5. The Balaban J connectivity index is 2.08. The number of benzene rings is 1. The number of carbonyl (C=O) groups excluding carboxylic acids is 1. The predicted molar refractivity (Wildman–Crippen MR) is 103 cm³/mol. The lowest BCUT2D eigenvalue weighted by Crippen LogP contribution is -2.54. The second-order valence-corrected chi connectivity index (χ2v) is 7.96. The molecule has 7 nitrogen and oxygen atoms in total. The molecule has 2 heterocycles. The minimum absolute atomic E-state index is 0.0199. The number of amides is 1. The molecule has 0 unspecified atom stereocenters. The van der Waals surface area contributed by atoms with E-state index in [1.54, 1.807) is 7.11 Å². The Hall–Kier alpha value is -1.45. The van der Waals surface area contributed by atoms with E-state index < -0.39 is 5.54 Å². The summed E-state index contributed by atoms with van der Waals surface area (Å²) in [6, 6.07) is 3.85. The highest BCUT2D eigenvalue weighted by atomic mass is 79.9. The van der Waals surface area contributed by atoms with E-state index in [1.807, 2.05) is 26.0 Å². The quantitative estimate of drug-likeness (QED) is 0.684. The van der Waals surface area contributed by atoms with Crippen molar-refractivity contribution in [2.24, 2.45) is 0 Å². The van der Waals surface area contributed by atoms with Crippen LogP contribution in [0.3, 0.4) is 0 Å². The Morgan fingerprint density at radius 1 is 1.19 bits per heavy atom. The third-order valence-corrected chi connectivity index (χ3v) is 5.74. The summed E-state index contributed by atoms with van der Waals surface area (Å²) in [6.07, 6.45) is 0.762. The second-order valence-electron chi connectivity index (χ2n) is 7.05. The molecule has 0 bridgehead atoms. The van der Waals surface area contributed by atoms with Crippen molar-refractivity contribution in [3.8, 4) is 0 Å². The molecular weight excluding hydrogens is 416 g/mol. The first-order chi connectivity index (χ1) is 12.8. The van der Waals surface area contributed by atoms with Gasteiger partial charge in [0.15, 0.2) is 0 Å². The normalized spacial score (nSPS) is 20.2. The number of aliphatic hydroxyl groups is 1. The van der Waals surface area contributed by atoms with Crippen LogP contribution in [0.4, 0.5) is 0 Å². The van der Waals surface area contributed by atoms with Gasteiger partial charge in [0.05, 0.1) is 18.8 Å². The largest absolute Gasteiger partial charge is 0.509 e. The lowest BCUT2D eigenvalue weighted by Gasteiger charge is -2.41. The maximum absolute atomic E-state index is 13.3. The average molecular weight is 441 g/mol. The molecule has 2 aliphatic heterocycles. The van der Waals surface area contributed by atoms with E-state index in [2.05, 4.69) is 15.9 Å². The molecule has 3 rings (SSSR count). The number of halogens is 1. The van der Waals surface area contributed by atoms with Crippen LogP contribution in [-0.4, -0.2) is 65.3 Å². The Bertz CT molecular complexity index is 748. The van der Waals surface area contributed by atoms with Crippen molar-refractivity contribution in [3.05, 3.63) is 39.1 Å². The van der Waals surface area contributed by atoms with Gasteiger partial charge in [-0.25, -0.2) is 5.06 Å². The number of hydrogen-bond donors (Lipinski definition) is 2. The van der Waals surface area contributed by atoms with Crippen molar-refractivity contribution in [3.63, 3.8) is 0 Å². The number of hydrogen-bond acceptors (Lipinski definition) is 6. The van der Waals surface area contributed by atoms with Gasteiger partial charge in [-0.15, -0.1) is 0 Å². The van der Waals surface area contributed by atoms with Crippen LogP contribution in [0.15, 0.2) is 22.4 Å². The lowest BCUT2D eigenvalue weighted by atomic mass is 9.85. The van der Waals surface area contributed by atoms with Crippen LogP contribution in [0.2, 0.25) is 0 Å². The van der Waals surface area contributed by atoms with Crippen LogP contribution >= 0.6 is 15.9 Å². The maximum Gasteiger partial charge on any atom is 0.282 e. The first-order valence-corrected chi connectivity index (χ1v) is 9.72. The van der Waals surface area contributed by atoms with Gasteiger partial charge in [0, 0.05) is 24.7 Å². The van der Waals surface area contributed by atoms with E-state index in [-0.39, 0.29) is 23.8 Å². The Kier molecular flexibility index (Phi) is 5.93. The van der Waals surface area contributed by atoms with Crippen molar-refractivity contribution in [1.29, 1.82) is 0 Å². The summed E-state index contributed by atoms with van der Waals surface area (Å²) < 4.78 is 5.95. The van der Waals surface area contributed by atoms with E-state index >= 15 is 0 Å². The number of carbonyl (C=O) groups is 1. The summed E-state index contributed by atoms with van der Waals surface area (Å²) in [7, 11) is 1.56. The van der Waals surface area contributed by atoms with Gasteiger partial charge in [-0.05, 0) is 55.5 Å². The Morgan fingerprint density at radius 3 is 2.33 bits per heavy atom. The van der Waals surface area contributed by atoms with Crippen LogP contribution in [0.1, 0.15) is 29.5 Å². The number of ether oxygens (including phenoxy) is 1. The number of aryl methyl sites for hydroxylation is 2. The van der Waals surface area contributed by atoms with Gasteiger partial charge in [0.1, 0.15) is 11.3 Å². The lowest BCUT2D eigenvalue weighted by molar-refractivity contribution is -0.231. The molecule has 1 aromatic carbocycles. The Morgan fingerprint density at radius 2 is 1.78 bits per heavy atom. The van der Waals surface area contributed by atoms with Crippen molar-refractivity contribution >= 4 is 27.4 Å². The zero-order chi connectivity index (χ0) is 19.8. The smallest absolute Gasteiger partial charge is 0.282 e. The number of nitrogens with zero attached hydrogens (tertiary/aromatic N) is 2. The molecule has 1 fully saturated rings. The minimum atomic E-state index is -0.967. The number of hydroxylamine groups is 4. The summed E-state index contributed by atoms with van der Waals surface area (Å²) in [4.78, 5) is 19.1. The molecule has 2 aliphatic rings. The van der Waals surface area contributed by atoms with Gasteiger partial charge in [-0.3, -0.25) is 9.63 Å². The molecular formula is C19H25BrN2O5. The molecule has 0 atom stereocenters. The third-order valence-electron chi connectivity index (χ3n) is 5.29. The number of methoxy groups -OCH3 is 1. The highest BCUT2D eigenvalue weighted by Crippen LogP contribution is 2.46. The van der Waals surface area contributed by atoms with Crippen molar-refractivity contribution in [2.45, 2.75) is 32.2 Å². The average Bonchev–Trinajstić information content (AvgIpc) is 2.79. The fraction of sp³-hybridized carbons (Fsp3) is 0.526. The van der Waals surface area contributed by atoms with Gasteiger partial charge in [0.2, 0.25) is 0 Å². The standard InChI is InChI=1S/C19H25BrN2O5/c1-12-10-14(20)11-13(2)15(12)16-17(23)19(4-6-21(25)7-5-19)22(18(16)24)27-9-8-26-3/h10-11,23,25H,4-9H2,1-3H3. The van der Waals surface area contributed by atoms with Gasteiger partial charge in [-0.1, -0.05) is 15.9 Å². The molecule has 1 saturated heterocycles. The van der Waals surface area contributed by atoms with E-state index in [9.17, 15) is 15.1 Å². The zero-order valence-corrected chi connectivity index (χ0v) is 17.4. The summed E-state index contributed by atoms with van der Waals surface area (Å²) in [6.45, 7) is 5.04. The first kappa shape index (κ1) is 20.3. The van der Waals surface area contributed by atoms with Crippen LogP contribution in [0, 0.1) is 13.8 Å². The molecule has 0 aliphatic carbocycles.